The van der Waals surface area contributed by atoms with E-state index in [-0.39, 0.29) is 0 Å². The lowest BCUT2D eigenvalue weighted by atomic mass is 9.98. The molecule has 2 aromatic rings. The molecule has 2 nitrogen and oxygen atoms in total. The van der Waals surface area contributed by atoms with Crippen molar-refractivity contribution in [1.29, 1.82) is 0 Å². The first kappa shape index (κ1) is 15.8. The van der Waals surface area contributed by atoms with Gasteiger partial charge in [-0.15, -0.1) is 0 Å². The lowest BCUT2D eigenvalue weighted by Gasteiger charge is -2.15. The van der Waals surface area contributed by atoms with Crippen LogP contribution in [0.4, 0.5) is 5.69 Å². The van der Waals surface area contributed by atoms with E-state index in [2.05, 4.69) is 36.5 Å². The zero-order valence-electron chi connectivity index (χ0n) is 12.0. The van der Waals surface area contributed by atoms with Crippen molar-refractivity contribution in [2.75, 3.05) is 11.9 Å². The van der Waals surface area contributed by atoms with Crippen LogP contribution in [0.1, 0.15) is 30.4 Å². The largest absolute Gasteiger partial charge is 0.389 e. The Morgan fingerprint density at radius 1 is 1.24 bits per heavy atom. The molecule has 21 heavy (non-hydrogen) atoms. The highest BCUT2D eigenvalue weighted by Crippen LogP contribution is 2.22. The number of anilines is 1. The number of rotatable bonds is 6. The smallest absolute Gasteiger partial charge is 0.106 e. The molecule has 2 rings (SSSR count). The van der Waals surface area contributed by atoms with Gasteiger partial charge in [-0.1, -0.05) is 61.1 Å². The van der Waals surface area contributed by atoms with Crippen molar-refractivity contribution >= 4 is 34.5 Å². The van der Waals surface area contributed by atoms with E-state index in [0.29, 0.717) is 15.9 Å². The Morgan fingerprint density at radius 2 is 1.95 bits per heavy atom. The Labute approximate surface area is 136 Å². The van der Waals surface area contributed by atoms with Gasteiger partial charge in [0, 0.05) is 22.8 Å². The van der Waals surface area contributed by atoms with Gasteiger partial charge in [-0.25, -0.2) is 0 Å². The molecule has 110 valence electrons. The molecule has 0 aliphatic carbocycles. The topological polar surface area (TPSA) is 38.0 Å². The number of hydrogen-bond acceptors (Lipinski definition) is 2. The maximum Gasteiger partial charge on any atom is 0.106 e. The third-order valence-corrected chi connectivity index (χ3v) is 3.96. The van der Waals surface area contributed by atoms with Crippen molar-refractivity contribution in [3.05, 3.63) is 64.7 Å². The number of hydrogen-bond donors (Lipinski definition) is 2. The van der Waals surface area contributed by atoms with Gasteiger partial charge < -0.3 is 11.1 Å². The van der Waals surface area contributed by atoms with Crippen molar-refractivity contribution in [1.82, 2.24) is 0 Å². The summed E-state index contributed by atoms with van der Waals surface area (Å²) in [4.78, 5) is 0.358. The Hall–Kier alpha value is -1.58. The minimum absolute atomic E-state index is 0.358. The van der Waals surface area contributed by atoms with Crippen molar-refractivity contribution in [2.45, 2.75) is 19.3 Å². The average molecular weight is 319 g/mol. The van der Waals surface area contributed by atoms with E-state index >= 15 is 0 Å². The lowest BCUT2D eigenvalue weighted by Crippen LogP contribution is -2.14. The standard InChI is InChI=1S/C17H19ClN2S/c1-12(13-5-3-2-4-6-13)9-10-20-16-8-7-14(18)11-15(16)17(19)21/h2-8,11-12,20H,9-10H2,1H3,(H2,19,21). The van der Waals surface area contributed by atoms with Crippen molar-refractivity contribution in [3.8, 4) is 0 Å². The van der Waals surface area contributed by atoms with Crippen LogP contribution in [-0.4, -0.2) is 11.5 Å². The van der Waals surface area contributed by atoms with Crippen LogP contribution in [0, 0.1) is 0 Å². The molecule has 0 bridgehead atoms. The molecular weight excluding hydrogens is 300 g/mol. The predicted molar refractivity (Wildman–Crippen MR) is 95.3 cm³/mol. The second kappa shape index (κ2) is 7.43. The monoisotopic (exact) mass is 318 g/mol. The Balaban J connectivity index is 1.96. The summed E-state index contributed by atoms with van der Waals surface area (Å²) in [5.74, 6) is 0.499. The van der Waals surface area contributed by atoms with E-state index in [0.717, 1.165) is 24.2 Å². The summed E-state index contributed by atoms with van der Waals surface area (Å²) in [5.41, 5.74) is 8.82. The van der Waals surface area contributed by atoms with E-state index in [1.165, 1.54) is 5.56 Å². The molecule has 0 aliphatic rings. The third kappa shape index (κ3) is 4.45. The molecule has 3 N–H and O–H groups in total. The molecule has 0 aliphatic heterocycles. The van der Waals surface area contributed by atoms with Crippen LogP contribution in [0.5, 0.6) is 0 Å². The quantitative estimate of drug-likeness (QED) is 0.766. The Morgan fingerprint density at radius 3 is 2.62 bits per heavy atom. The molecule has 1 unspecified atom stereocenters. The van der Waals surface area contributed by atoms with E-state index in [1.807, 2.05) is 18.2 Å². The third-order valence-electron chi connectivity index (χ3n) is 3.51. The van der Waals surface area contributed by atoms with Crippen molar-refractivity contribution in [3.63, 3.8) is 0 Å². The first-order valence-corrected chi connectivity index (χ1v) is 7.74. The zero-order valence-corrected chi connectivity index (χ0v) is 13.5. The van der Waals surface area contributed by atoms with Gasteiger partial charge in [-0.05, 0) is 36.1 Å². The molecule has 1 atom stereocenters. The van der Waals surface area contributed by atoms with Gasteiger partial charge in [-0.3, -0.25) is 0 Å². The number of nitrogens with two attached hydrogens (primary N) is 1. The fraction of sp³-hybridized carbons (Fsp3) is 0.235. The maximum absolute atomic E-state index is 5.98. The van der Waals surface area contributed by atoms with Crippen LogP contribution in [0.2, 0.25) is 5.02 Å². The first-order chi connectivity index (χ1) is 10.1. The molecule has 4 heteroatoms. The number of halogens is 1. The molecule has 0 fully saturated rings. The molecule has 0 aromatic heterocycles. The van der Waals surface area contributed by atoms with Crippen LogP contribution >= 0.6 is 23.8 Å². The summed E-state index contributed by atoms with van der Waals surface area (Å²) < 4.78 is 0. The van der Waals surface area contributed by atoms with Crippen LogP contribution in [-0.2, 0) is 0 Å². The van der Waals surface area contributed by atoms with Crippen LogP contribution in [0.15, 0.2) is 48.5 Å². The summed E-state index contributed by atoms with van der Waals surface area (Å²) in [6.45, 7) is 3.08. The highest BCUT2D eigenvalue weighted by Gasteiger charge is 2.08. The van der Waals surface area contributed by atoms with Gasteiger partial charge >= 0.3 is 0 Å². The van der Waals surface area contributed by atoms with Crippen LogP contribution in [0.25, 0.3) is 0 Å². The van der Waals surface area contributed by atoms with E-state index in [1.54, 1.807) is 6.07 Å². The normalized spacial score (nSPS) is 11.9. The molecule has 0 saturated carbocycles. The summed E-state index contributed by atoms with van der Waals surface area (Å²) in [6, 6.07) is 16.1. The fourth-order valence-corrected chi connectivity index (χ4v) is 2.59. The second-order valence-electron chi connectivity index (χ2n) is 5.08. The maximum atomic E-state index is 5.98. The Bertz CT molecular complexity index is 613. The molecular formula is C17H19ClN2S. The highest BCUT2D eigenvalue weighted by molar-refractivity contribution is 7.80. The minimum Gasteiger partial charge on any atom is -0.389 e. The molecule has 0 radical (unpaired) electrons. The molecule has 0 heterocycles. The second-order valence-corrected chi connectivity index (χ2v) is 5.96. The molecule has 2 aromatic carbocycles. The van der Waals surface area contributed by atoms with Crippen molar-refractivity contribution < 1.29 is 0 Å². The SMILES string of the molecule is CC(CCNc1ccc(Cl)cc1C(N)=S)c1ccccc1. The summed E-state index contributed by atoms with van der Waals surface area (Å²) >= 11 is 11.0. The van der Waals surface area contributed by atoms with Gasteiger partial charge in [0.1, 0.15) is 4.99 Å². The predicted octanol–water partition coefficient (Wildman–Crippen LogP) is 4.58. The molecule has 0 amide bonds. The van der Waals surface area contributed by atoms with Gasteiger partial charge in [0.25, 0.3) is 0 Å². The van der Waals surface area contributed by atoms with Crippen LogP contribution in [0.3, 0.4) is 0 Å². The Kier molecular flexibility index (Phi) is 5.59. The average Bonchev–Trinajstić information content (AvgIpc) is 2.49. The van der Waals surface area contributed by atoms with Gasteiger partial charge in [0.15, 0.2) is 0 Å². The number of thiocarbonyl (C=S) groups is 1. The van der Waals surface area contributed by atoms with Gasteiger partial charge in [-0.2, -0.15) is 0 Å². The zero-order chi connectivity index (χ0) is 15.2. The van der Waals surface area contributed by atoms with Crippen LogP contribution < -0.4 is 11.1 Å². The summed E-state index contributed by atoms with van der Waals surface area (Å²) in [7, 11) is 0. The molecule has 0 saturated heterocycles. The van der Waals surface area contributed by atoms with E-state index < -0.39 is 0 Å². The minimum atomic E-state index is 0.358. The lowest BCUT2D eigenvalue weighted by molar-refractivity contribution is 0.706. The fourth-order valence-electron chi connectivity index (χ4n) is 2.25. The number of benzene rings is 2. The van der Waals surface area contributed by atoms with Gasteiger partial charge in [0.2, 0.25) is 0 Å². The van der Waals surface area contributed by atoms with Crippen molar-refractivity contribution in [2.24, 2.45) is 5.73 Å². The van der Waals surface area contributed by atoms with E-state index in [4.69, 9.17) is 29.6 Å². The van der Waals surface area contributed by atoms with E-state index in [9.17, 15) is 0 Å². The molecule has 0 spiro atoms. The first-order valence-electron chi connectivity index (χ1n) is 6.96. The highest BCUT2D eigenvalue weighted by atomic mass is 35.5. The van der Waals surface area contributed by atoms with Gasteiger partial charge in [0.05, 0.1) is 0 Å². The summed E-state index contributed by atoms with van der Waals surface area (Å²) in [5, 5.41) is 4.04. The number of nitrogens with one attached hydrogen (secondary N) is 1. The summed E-state index contributed by atoms with van der Waals surface area (Å²) in [6.07, 6.45) is 1.03.